The van der Waals surface area contributed by atoms with Crippen molar-refractivity contribution in [1.82, 2.24) is 10.0 Å². The molecule has 2 N–H and O–H groups in total. The summed E-state index contributed by atoms with van der Waals surface area (Å²) in [4.78, 5) is 23.1. The molecule has 1 fully saturated rings. The van der Waals surface area contributed by atoms with Crippen molar-refractivity contribution in [2.45, 2.75) is 46.0 Å². The first kappa shape index (κ1) is 16.9. The minimum atomic E-state index is -3.67. The third-order valence-electron chi connectivity index (χ3n) is 3.43. The zero-order valence-electron chi connectivity index (χ0n) is 12.1. The molecule has 0 heterocycles. The van der Waals surface area contributed by atoms with Gasteiger partial charge in [-0.05, 0) is 12.8 Å². The lowest BCUT2D eigenvalue weighted by molar-refractivity contribution is -0.125. The zero-order chi connectivity index (χ0) is 15.2. The summed E-state index contributed by atoms with van der Waals surface area (Å²) in [5.41, 5.74) is 0. The van der Waals surface area contributed by atoms with E-state index < -0.39 is 15.9 Å². The van der Waals surface area contributed by atoms with Gasteiger partial charge in [0, 0.05) is 18.4 Å². The maximum absolute atomic E-state index is 11.8. The molecule has 0 unspecified atom stereocenters. The van der Waals surface area contributed by atoms with Gasteiger partial charge in [-0.2, -0.15) is 0 Å². The van der Waals surface area contributed by atoms with Crippen LogP contribution < -0.4 is 10.0 Å². The third kappa shape index (κ3) is 5.90. The number of carbonyl (C=O) groups excluding carboxylic acids is 2. The highest BCUT2D eigenvalue weighted by Gasteiger charge is 2.22. The fourth-order valence-electron chi connectivity index (χ4n) is 2.14. The Morgan fingerprint density at radius 3 is 2.30 bits per heavy atom. The van der Waals surface area contributed by atoms with E-state index in [1.54, 1.807) is 13.8 Å². The highest BCUT2D eigenvalue weighted by molar-refractivity contribution is 7.90. The molecular weight excluding hydrogens is 280 g/mol. The first-order chi connectivity index (χ1) is 9.32. The lowest BCUT2D eigenvalue weighted by atomic mass is 9.89. The second-order valence-corrected chi connectivity index (χ2v) is 7.41. The topological polar surface area (TPSA) is 92.3 Å². The van der Waals surface area contributed by atoms with Crippen LogP contribution in [0.1, 0.15) is 46.0 Å². The van der Waals surface area contributed by atoms with E-state index in [0.29, 0.717) is 0 Å². The fraction of sp³-hybridized carbons (Fsp3) is 0.846. The van der Waals surface area contributed by atoms with Gasteiger partial charge in [0.25, 0.3) is 0 Å². The quantitative estimate of drug-likeness (QED) is 0.758. The summed E-state index contributed by atoms with van der Waals surface area (Å²) in [7, 11) is -3.67. The molecule has 0 radical (unpaired) electrons. The molecule has 1 saturated carbocycles. The molecule has 1 aliphatic rings. The van der Waals surface area contributed by atoms with Gasteiger partial charge < -0.3 is 5.32 Å². The van der Waals surface area contributed by atoms with Crippen LogP contribution >= 0.6 is 0 Å². The van der Waals surface area contributed by atoms with Crippen LogP contribution in [0.2, 0.25) is 0 Å². The second-order valence-electron chi connectivity index (χ2n) is 5.57. The Bertz CT molecular complexity index is 439. The summed E-state index contributed by atoms with van der Waals surface area (Å²) in [5, 5.41) is 2.64. The van der Waals surface area contributed by atoms with Gasteiger partial charge in [-0.15, -0.1) is 0 Å². The van der Waals surface area contributed by atoms with Gasteiger partial charge in [0.05, 0.1) is 5.75 Å². The van der Waals surface area contributed by atoms with Crippen LogP contribution in [-0.2, 0) is 19.6 Å². The third-order valence-corrected chi connectivity index (χ3v) is 4.68. The number of hydrogen-bond acceptors (Lipinski definition) is 4. The van der Waals surface area contributed by atoms with Gasteiger partial charge in [0.1, 0.15) is 0 Å². The number of sulfonamides is 1. The SMILES string of the molecule is CC(C)C(=O)NS(=O)(=O)CCNC(=O)C1CCCCC1. The van der Waals surface area contributed by atoms with Crippen LogP contribution in [0.4, 0.5) is 0 Å². The normalized spacial score (nSPS) is 16.9. The Morgan fingerprint density at radius 1 is 1.15 bits per heavy atom. The Morgan fingerprint density at radius 2 is 1.75 bits per heavy atom. The average Bonchev–Trinajstić information content (AvgIpc) is 2.38. The summed E-state index contributed by atoms with van der Waals surface area (Å²) in [5.74, 6) is -1.25. The minimum absolute atomic E-state index is 0.0108. The second kappa shape index (κ2) is 7.61. The van der Waals surface area contributed by atoms with Gasteiger partial charge in [-0.25, -0.2) is 8.42 Å². The van der Waals surface area contributed by atoms with E-state index in [-0.39, 0.29) is 30.0 Å². The zero-order valence-corrected chi connectivity index (χ0v) is 13.0. The van der Waals surface area contributed by atoms with Crippen molar-refractivity contribution in [3.8, 4) is 0 Å². The molecule has 0 aromatic rings. The highest BCUT2D eigenvalue weighted by atomic mass is 32.2. The number of amides is 2. The molecule has 0 aromatic carbocycles. The largest absolute Gasteiger partial charge is 0.355 e. The van der Waals surface area contributed by atoms with Crippen LogP contribution in [0, 0.1) is 11.8 Å². The monoisotopic (exact) mass is 304 g/mol. The first-order valence-corrected chi connectivity index (χ1v) is 8.79. The van der Waals surface area contributed by atoms with Gasteiger partial charge in [-0.1, -0.05) is 33.1 Å². The Labute approximate surface area is 120 Å². The van der Waals surface area contributed by atoms with Gasteiger partial charge in [0.2, 0.25) is 21.8 Å². The number of carbonyl (C=O) groups is 2. The highest BCUT2D eigenvalue weighted by Crippen LogP contribution is 2.23. The number of nitrogens with one attached hydrogen (secondary N) is 2. The number of rotatable bonds is 6. The number of hydrogen-bond donors (Lipinski definition) is 2. The molecule has 20 heavy (non-hydrogen) atoms. The maximum Gasteiger partial charge on any atom is 0.236 e. The van der Waals surface area contributed by atoms with Crippen molar-refractivity contribution >= 4 is 21.8 Å². The van der Waals surface area contributed by atoms with Crippen LogP contribution in [0.5, 0.6) is 0 Å². The molecule has 0 bridgehead atoms. The van der Waals surface area contributed by atoms with Gasteiger partial charge in [-0.3, -0.25) is 14.3 Å². The molecule has 116 valence electrons. The van der Waals surface area contributed by atoms with Crippen LogP contribution in [0.15, 0.2) is 0 Å². The summed E-state index contributed by atoms with van der Waals surface area (Å²) in [6, 6.07) is 0. The van der Waals surface area contributed by atoms with E-state index in [4.69, 9.17) is 0 Å². The van der Waals surface area contributed by atoms with Crippen molar-refractivity contribution in [2.24, 2.45) is 11.8 Å². The van der Waals surface area contributed by atoms with Crippen molar-refractivity contribution < 1.29 is 18.0 Å². The molecule has 6 nitrogen and oxygen atoms in total. The lowest BCUT2D eigenvalue weighted by Crippen LogP contribution is -2.40. The van der Waals surface area contributed by atoms with E-state index in [2.05, 4.69) is 5.32 Å². The van der Waals surface area contributed by atoms with Crippen LogP contribution in [-0.4, -0.2) is 32.5 Å². The average molecular weight is 304 g/mol. The minimum Gasteiger partial charge on any atom is -0.355 e. The standard InChI is InChI=1S/C13H24N2O4S/c1-10(2)12(16)15-20(18,19)9-8-14-13(17)11-6-4-3-5-7-11/h10-11H,3-9H2,1-2H3,(H,14,17)(H,15,16). The van der Waals surface area contributed by atoms with Crippen molar-refractivity contribution in [2.75, 3.05) is 12.3 Å². The van der Waals surface area contributed by atoms with Crippen molar-refractivity contribution in [3.63, 3.8) is 0 Å². The molecule has 1 rings (SSSR count). The predicted octanol–water partition coefficient (Wildman–Crippen LogP) is 0.785. The van der Waals surface area contributed by atoms with Crippen molar-refractivity contribution in [3.05, 3.63) is 0 Å². The van der Waals surface area contributed by atoms with Gasteiger partial charge in [0.15, 0.2) is 0 Å². The Hall–Kier alpha value is -1.11. The Kier molecular flexibility index (Phi) is 6.45. The molecule has 0 aliphatic heterocycles. The molecular formula is C13H24N2O4S. The molecule has 1 aliphatic carbocycles. The van der Waals surface area contributed by atoms with E-state index in [0.717, 1.165) is 25.7 Å². The Balaban J connectivity index is 2.31. The summed E-state index contributed by atoms with van der Waals surface area (Å²) in [6.45, 7) is 3.28. The van der Waals surface area contributed by atoms with E-state index in [1.165, 1.54) is 6.42 Å². The predicted molar refractivity (Wildman–Crippen MR) is 76.4 cm³/mol. The fourth-order valence-corrected chi connectivity index (χ4v) is 3.15. The van der Waals surface area contributed by atoms with Crippen LogP contribution in [0.25, 0.3) is 0 Å². The molecule has 0 atom stereocenters. The van der Waals surface area contributed by atoms with Crippen LogP contribution in [0.3, 0.4) is 0 Å². The van der Waals surface area contributed by atoms with E-state index >= 15 is 0 Å². The molecule has 0 spiro atoms. The molecule has 0 aromatic heterocycles. The maximum atomic E-state index is 11.8. The van der Waals surface area contributed by atoms with E-state index in [1.807, 2.05) is 4.72 Å². The summed E-state index contributed by atoms with van der Waals surface area (Å²) < 4.78 is 25.2. The van der Waals surface area contributed by atoms with Crippen molar-refractivity contribution in [1.29, 1.82) is 0 Å². The molecule has 0 saturated heterocycles. The molecule has 7 heteroatoms. The summed E-state index contributed by atoms with van der Waals surface area (Å²) in [6.07, 6.45) is 5.03. The molecule has 2 amide bonds. The first-order valence-electron chi connectivity index (χ1n) is 7.14. The lowest BCUT2D eigenvalue weighted by Gasteiger charge is -2.20. The van der Waals surface area contributed by atoms with Gasteiger partial charge >= 0.3 is 0 Å². The van der Waals surface area contributed by atoms with E-state index in [9.17, 15) is 18.0 Å². The summed E-state index contributed by atoms with van der Waals surface area (Å²) >= 11 is 0. The smallest absolute Gasteiger partial charge is 0.236 e.